The first-order chi connectivity index (χ1) is 13.9. The lowest BCUT2D eigenvalue weighted by molar-refractivity contribution is -0.0581. The summed E-state index contributed by atoms with van der Waals surface area (Å²) in [5, 5.41) is 10.1. The van der Waals surface area contributed by atoms with Gasteiger partial charge < -0.3 is 19.5 Å². The zero-order valence-electron chi connectivity index (χ0n) is 17.4. The van der Waals surface area contributed by atoms with Crippen molar-refractivity contribution < 1.29 is 23.8 Å². The van der Waals surface area contributed by atoms with Gasteiger partial charge in [-0.1, -0.05) is 26.0 Å². The lowest BCUT2D eigenvalue weighted by atomic mass is 10.1. The Labute approximate surface area is 172 Å². The van der Waals surface area contributed by atoms with Crippen LogP contribution in [0, 0.1) is 11.7 Å². The van der Waals surface area contributed by atoms with Gasteiger partial charge in [0, 0.05) is 38.3 Å². The monoisotopic (exact) mass is 408 g/mol. The molecule has 29 heavy (non-hydrogen) atoms. The Morgan fingerprint density at radius 3 is 3.00 bits per heavy atom. The summed E-state index contributed by atoms with van der Waals surface area (Å²) < 4.78 is 24.7. The van der Waals surface area contributed by atoms with Gasteiger partial charge in [0.05, 0.1) is 32.0 Å². The first-order valence-corrected chi connectivity index (χ1v) is 10.1. The zero-order valence-corrected chi connectivity index (χ0v) is 17.4. The molecule has 0 spiro atoms. The molecule has 1 amide bonds. The molecule has 0 radical (unpaired) electrons. The SMILES string of the molecule is C=CCOCC(O)CN1CCOC(CN(CC(C)C)C(=O)c2cccc(F)c2)C1. The van der Waals surface area contributed by atoms with Crippen LogP contribution in [0.4, 0.5) is 4.39 Å². The highest BCUT2D eigenvalue weighted by atomic mass is 19.1. The minimum absolute atomic E-state index is 0.165. The van der Waals surface area contributed by atoms with Crippen molar-refractivity contribution in [2.75, 3.05) is 52.5 Å². The molecule has 0 aromatic heterocycles. The molecule has 2 rings (SSSR count). The predicted molar refractivity (Wildman–Crippen MR) is 110 cm³/mol. The second-order valence-electron chi connectivity index (χ2n) is 7.85. The molecule has 1 aromatic carbocycles. The van der Waals surface area contributed by atoms with E-state index in [0.717, 1.165) is 6.54 Å². The fourth-order valence-corrected chi connectivity index (χ4v) is 3.43. The van der Waals surface area contributed by atoms with Crippen molar-refractivity contribution in [3.05, 3.63) is 48.3 Å². The van der Waals surface area contributed by atoms with Crippen LogP contribution in [0.2, 0.25) is 0 Å². The third-order valence-corrected chi connectivity index (χ3v) is 4.61. The fraction of sp³-hybridized carbons (Fsp3) is 0.591. The van der Waals surface area contributed by atoms with Crippen molar-refractivity contribution in [1.29, 1.82) is 0 Å². The van der Waals surface area contributed by atoms with Gasteiger partial charge in [-0.15, -0.1) is 6.58 Å². The number of amides is 1. The first kappa shape index (κ1) is 23.5. The molecule has 1 aliphatic heterocycles. The Morgan fingerprint density at radius 2 is 2.31 bits per heavy atom. The van der Waals surface area contributed by atoms with Crippen molar-refractivity contribution in [3.8, 4) is 0 Å². The molecule has 0 saturated carbocycles. The van der Waals surface area contributed by atoms with Gasteiger partial charge >= 0.3 is 0 Å². The highest BCUT2D eigenvalue weighted by Gasteiger charge is 2.27. The number of carbonyl (C=O) groups is 1. The molecule has 1 heterocycles. The molecular formula is C22H33FN2O4. The average molecular weight is 409 g/mol. The number of β-amino-alcohol motifs (C(OH)–C–C–N with tert-alkyl or cyclic N) is 1. The number of rotatable bonds is 11. The normalized spacial score (nSPS) is 18.6. The number of hydrogen-bond acceptors (Lipinski definition) is 5. The number of ether oxygens (including phenoxy) is 2. The molecule has 2 atom stereocenters. The van der Waals surface area contributed by atoms with Crippen molar-refractivity contribution in [2.45, 2.75) is 26.1 Å². The second kappa shape index (κ2) is 12.0. The van der Waals surface area contributed by atoms with Crippen LogP contribution in [-0.2, 0) is 9.47 Å². The third kappa shape index (κ3) is 8.22. The topological polar surface area (TPSA) is 62.2 Å². The van der Waals surface area contributed by atoms with E-state index < -0.39 is 11.9 Å². The number of halogens is 1. The summed E-state index contributed by atoms with van der Waals surface area (Å²) in [6, 6.07) is 5.77. The Bertz CT molecular complexity index is 655. The zero-order chi connectivity index (χ0) is 21.2. The molecule has 1 aliphatic rings. The summed E-state index contributed by atoms with van der Waals surface area (Å²) in [4.78, 5) is 16.8. The summed E-state index contributed by atoms with van der Waals surface area (Å²) in [5.74, 6) is -0.346. The van der Waals surface area contributed by atoms with E-state index in [-0.39, 0.29) is 24.5 Å². The van der Waals surface area contributed by atoms with Crippen LogP contribution in [0.25, 0.3) is 0 Å². The maximum atomic E-state index is 13.6. The number of carbonyl (C=O) groups excluding carboxylic acids is 1. The number of aliphatic hydroxyl groups excluding tert-OH is 1. The molecule has 0 aliphatic carbocycles. The van der Waals surface area contributed by atoms with Gasteiger partial charge in [-0.25, -0.2) is 4.39 Å². The van der Waals surface area contributed by atoms with Crippen molar-refractivity contribution in [3.63, 3.8) is 0 Å². The smallest absolute Gasteiger partial charge is 0.254 e. The standard InChI is InChI=1S/C22H33FN2O4/c1-4-9-28-16-20(26)13-24-8-10-29-21(14-24)15-25(12-17(2)3)22(27)18-6-5-7-19(23)11-18/h4-7,11,17,20-21,26H,1,8-10,12-16H2,2-3H3. The van der Waals surface area contributed by atoms with Crippen LogP contribution in [0.3, 0.4) is 0 Å². The van der Waals surface area contributed by atoms with E-state index >= 15 is 0 Å². The lowest BCUT2D eigenvalue weighted by Crippen LogP contribution is -2.51. The number of hydrogen-bond donors (Lipinski definition) is 1. The van der Waals surface area contributed by atoms with E-state index in [4.69, 9.17) is 9.47 Å². The van der Waals surface area contributed by atoms with Crippen LogP contribution < -0.4 is 0 Å². The summed E-state index contributed by atoms with van der Waals surface area (Å²) in [6.45, 7) is 11.7. The minimum atomic E-state index is -0.589. The van der Waals surface area contributed by atoms with Gasteiger partial charge in [0.1, 0.15) is 5.82 Å². The first-order valence-electron chi connectivity index (χ1n) is 10.1. The highest BCUT2D eigenvalue weighted by Crippen LogP contribution is 2.14. The molecule has 6 nitrogen and oxygen atoms in total. The summed E-state index contributed by atoms with van der Waals surface area (Å²) >= 11 is 0. The molecule has 1 aromatic rings. The summed E-state index contributed by atoms with van der Waals surface area (Å²) in [6.07, 6.45) is 0.895. The van der Waals surface area contributed by atoms with Gasteiger partial charge in [-0.05, 0) is 24.1 Å². The van der Waals surface area contributed by atoms with Gasteiger partial charge in [-0.3, -0.25) is 9.69 Å². The van der Waals surface area contributed by atoms with E-state index in [1.165, 1.54) is 12.1 Å². The summed E-state index contributed by atoms with van der Waals surface area (Å²) in [5.41, 5.74) is 0.341. The van der Waals surface area contributed by atoms with Crippen LogP contribution >= 0.6 is 0 Å². The van der Waals surface area contributed by atoms with Gasteiger partial charge in [0.15, 0.2) is 0 Å². The molecule has 7 heteroatoms. The van der Waals surface area contributed by atoms with E-state index in [2.05, 4.69) is 11.5 Å². The Kier molecular flexibility index (Phi) is 9.73. The van der Waals surface area contributed by atoms with Crippen LogP contribution in [0.15, 0.2) is 36.9 Å². The van der Waals surface area contributed by atoms with E-state index in [1.807, 2.05) is 13.8 Å². The molecular weight excluding hydrogens is 375 g/mol. The summed E-state index contributed by atoms with van der Waals surface area (Å²) in [7, 11) is 0. The van der Waals surface area contributed by atoms with Crippen LogP contribution in [0.5, 0.6) is 0 Å². The quantitative estimate of drug-likeness (QED) is 0.449. The average Bonchev–Trinajstić information content (AvgIpc) is 2.67. The van der Waals surface area contributed by atoms with Gasteiger partial charge in [0.2, 0.25) is 0 Å². The fourth-order valence-electron chi connectivity index (χ4n) is 3.43. The molecule has 0 bridgehead atoms. The Hall–Kier alpha value is -1.80. The number of morpholine rings is 1. The molecule has 1 saturated heterocycles. The van der Waals surface area contributed by atoms with E-state index in [9.17, 15) is 14.3 Å². The second-order valence-corrected chi connectivity index (χ2v) is 7.85. The molecule has 1 fully saturated rings. The van der Waals surface area contributed by atoms with Gasteiger partial charge in [-0.2, -0.15) is 0 Å². The maximum absolute atomic E-state index is 13.6. The Morgan fingerprint density at radius 1 is 1.52 bits per heavy atom. The lowest BCUT2D eigenvalue weighted by Gasteiger charge is -2.37. The Balaban J connectivity index is 1.95. The highest BCUT2D eigenvalue weighted by molar-refractivity contribution is 5.94. The van der Waals surface area contributed by atoms with Crippen molar-refractivity contribution >= 4 is 5.91 Å². The van der Waals surface area contributed by atoms with Crippen LogP contribution in [0.1, 0.15) is 24.2 Å². The van der Waals surface area contributed by atoms with E-state index in [0.29, 0.717) is 45.0 Å². The largest absolute Gasteiger partial charge is 0.389 e. The predicted octanol–water partition coefficient (Wildman–Crippen LogP) is 2.19. The molecule has 1 N–H and O–H groups in total. The van der Waals surface area contributed by atoms with Crippen LogP contribution in [-0.4, -0.2) is 85.6 Å². The maximum Gasteiger partial charge on any atom is 0.254 e. The van der Waals surface area contributed by atoms with Crippen molar-refractivity contribution in [2.24, 2.45) is 5.92 Å². The van der Waals surface area contributed by atoms with Gasteiger partial charge in [0.25, 0.3) is 5.91 Å². The molecule has 162 valence electrons. The third-order valence-electron chi connectivity index (χ3n) is 4.61. The number of benzene rings is 1. The van der Waals surface area contributed by atoms with Crippen molar-refractivity contribution in [1.82, 2.24) is 9.80 Å². The number of nitrogens with zero attached hydrogens (tertiary/aromatic N) is 2. The molecule has 2 unspecified atom stereocenters. The number of aliphatic hydroxyl groups is 1. The minimum Gasteiger partial charge on any atom is -0.389 e. The van der Waals surface area contributed by atoms with E-state index in [1.54, 1.807) is 23.1 Å².